The van der Waals surface area contributed by atoms with Crippen LogP contribution in [0.5, 0.6) is 5.75 Å². The molecule has 0 aliphatic carbocycles. The molecule has 114 valence electrons. The molecule has 22 heavy (non-hydrogen) atoms. The Morgan fingerprint density at radius 2 is 2.05 bits per heavy atom. The number of halogens is 1. The average Bonchev–Trinajstić information content (AvgIpc) is 2.94. The highest BCUT2D eigenvalue weighted by atomic mass is 35.5. The molecule has 1 heterocycles. The second kappa shape index (κ2) is 5.51. The summed E-state index contributed by atoms with van der Waals surface area (Å²) in [6, 6.07) is 9.19. The molecular formula is C14H11ClN2O4S. The monoisotopic (exact) mass is 338 g/mol. The zero-order valence-electron chi connectivity index (χ0n) is 11.4. The third-order valence-corrected chi connectivity index (χ3v) is 4.64. The lowest BCUT2D eigenvalue weighted by atomic mass is 10.3. The predicted octanol–water partition coefficient (Wildman–Crippen LogP) is 3.29. The molecule has 0 aliphatic heterocycles. The molecule has 0 spiro atoms. The Bertz CT molecular complexity index is 937. The van der Waals surface area contributed by atoms with Crippen molar-refractivity contribution >= 4 is 38.4 Å². The number of sulfonamides is 1. The van der Waals surface area contributed by atoms with Gasteiger partial charge in [-0.25, -0.2) is 13.4 Å². The van der Waals surface area contributed by atoms with Crippen molar-refractivity contribution in [2.75, 3.05) is 11.8 Å². The van der Waals surface area contributed by atoms with Crippen molar-refractivity contribution in [3.05, 3.63) is 47.8 Å². The second-order valence-electron chi connectivity index (χ2n) is 4.44. The molecule has 8 heteroatoms. The van der Waals surface area contributed by atoms with E-state index in [4.69, 9.17) is 20.8 Å². The van der Waals surface area contributed by atoms with Gasteiger partial charge < -0.3 is 9.15 Å². The molecule has 0 fully saturated rings. The Kier molecular flexibility index (Phi) is 3.67. The van der Waals surface area contributed by atoms with E-state index in [0.717, 1.165) is 0 Å². The van der Waals surface area contributed by atoms with E-state index in [-0.39, 0.29) is 10.6 Å². The number of aromatic nitrogens is 1. The number of hydrogen-bond acceptors (Lipinski definition) is 5. The summed E-state index contributed by atoms with van der Waals surface area (Å²) < 4.78 is 37.7. The van der Waals surface area contributed by atoms with Crippen LogP contribution < -0.4 is 9.46 Å². The van der Waals surface area contributed by atoms with Gasteiger partial charge >= 0.3 is 0 Å². The largest absolute Gasteiger partial charge is 0.495 e. The van der Waals surface area contributed by atoms with Gasteiger partial charge in [-0.2, -0.15) is 0 Å². The van der Waals surface area contributed by atoms with Crippen LogP contribution in [0.15, 0.2) is 52.1 Å². The first kappa shape index (κ1) is 14.7. The number of ether oxygens (including phenoxy) is 1. The summed E-state index contributed by atoms with van der Waals surface area (Å²) in [6.45, 7) is 0. The van der Waals surface area contributed by atoms with Gasteiger partial charge in [0.25, 0.3) is 10.0 Å². The smallest absolute Gasteiger partial charge is 0.265 e. The topological polar surface area (TPSA) is 81.4 Å². The van der Waals surface area contributed by atoms with Crippen molar-refractivity contribution in [2.24, 2.45) is 0 Å². The van der Waals surface area contributed by atoms with Crippen LogP contribution >= 0.6 is 11.6 Å². The van der Waals surface area contributed by atoms with E-state index in [1.54, 1.807) is 24.3 Å². The van der Waals surface area contributed by atoms with Crippen LogP contribution in [-0.2, 0) is 10.0 Å². The molecule has 0 unspecified atom stereocenters. The summed E-state index contributed by atoms with van der Waals surface area (Å²) in [5, 5.41) is 0.298. The third-order valence-electron chi connectivity index (χ3n) is 3.00. The van der Waals surface area contributed by atoms with Crippen molar-refractivity contribution in [3.8, 4) is 5.75 Å². The summed E-state index contributed by atoms with van der Waals surface area (Å²) in [5.41, 5.74) is 1.48. The first-order valence-electron chi connectivity index (χ1n) is 6.19. The maximum atomic E-state index is 12.5. The Morgan fingerprint density at radius 1 is 1.23 bits per heavy atom. The number of nitrogens with one attached hydrogen (secondary N) is 1. The fourth-order valence-electron chi connectivity index (χ4n) is 1.99. The van der Waals surface area contributed by atoms with Gasteiger partial charge in [0.15, 0.2) is 12.0 Å². The van der Waals surface area contributed by atoms with Gasteiger partial charge in [0, 0.05) is 11.1 Å². The standard InChI is InChI=1S/C14H11ClN2O4S/c1-20-12-5-2-9(15)6-14(12)22(18,19)17-10-3-4-11-13(7-10)21-8-16-11/h2-8,17H,1H3. The Balaban J connectivity index is 2.01. The molecule has 0 saturated carbocycles. The SMILES string of the molecule is COc1ccc(Cl)cc1S(=O)(=O)Nc1ccc2ncoc2c1. The van der Waals surface area contributed by atoms with Crippen molar-refractivity contribution in [2.45, 2.75) is 4.90 Å². The van der Waals surface area contributed by atoms with Crippen LogP contribution in [0.1, 0.15) is 0 Å². The minimum Gasteiger partial charge on any atom is -0.495 e. The van der Waals surface area contributed by atoms with Gasteiger partial charge in [-0.15, -0.1) is 0 Å². The second-order valence-corrected chi connectivity index (χ2v) is 6.52. The fraction of sp³-hybridized carbons (Fsp3) is 0.0714. The van der Waals surface area contributed by atoms with Gasteiger partial charge in [-0.05, 0) is 30.3 Å². The van der Waals surface area contributed by atoms with Gasteiger partial charge in [-0.1, -0.05) is 11.6 Å². The van der Waals surface area contributed by atoms with E-state index in [2.05, 4.69) is 9.71 Å². The van der Waals surface area contributed by atoms with E-state index >= 15 is 0 Å². The molecule has 0 amide bonds. The molecule has 3 rings (SSSR count). The molecule has 0 atom stereocenters. The molecule has 0 bridgehead atoms. The van der Waals surface area contributed by atoms with E-state index in [0.29, 0.717) is 21.8 Å². The molecule has 1 N–H and O–H groups in total. The van der Waals surface area contributed by atoms with Crippen LogP contribution in [-0.4, -0.2) is 20.5 Å². The van der Waals surface area contributed by atoms with E-state index in [1.807, 2.05) is 0 Å². The minimum atomic E-state index is -3.85. The third kappa shape index (κ3) is 2.72. The fourth-order valence-corrected chi connectivity index (χ4v) is 3.47. The average molecular weight is 339 g/mol. The summed E-state index contributed by atoms with van der Waals surface area (Å²) in [4.78, 5) is 3.93. The highest BCUT2D eigenvalue weighted by molar-refractivity contribution is 7.92. The van der Waals surface area contributed by atoms with Crippen LogP contribution in [0, 0.1) is 0 Å². The van der Waals surface area contributed by atoms with Crippen LogP contribution in [0.3, 0.4) is 0 Å². The summed E-state index contributed by atoms with van der Waals surface area (Å²) in [7, 11) is -2.46. The van der Waals surface area contributed by atoms with Crippen molar-refractivity contribution in [1.82, 2.24) is 4.98 Å². The van der Waals surface area contributed by atoms with Crippen LogP contribution in [0.4, 0.5) is 5.69 Å². The number of fused-ring (bicyclic) bond motifs is 1. The first-order chi connectivity index (χ1) is 10.5. The molecule has 0 saturated heterocycles. The number of hydrogen-bond donors (Lipinski definition) is 1. The highest BCUT2D eigenvalue weighted by Gasteiger charge is 2.20. The molecule has 0 radical (unpaired) electrons. The highest BCUT2D eigenvalue weighted by Crippen LogP contribution is 2.29. The first-order valence-corrected chi connectivity index (χ1v) is 8.05. The van der Waals surface area contributed by atoms with Crippen molar-refractivity contribution in [1.29, 1.82) is 0 Å². The normalized spacial score (nSPS) is 11.5. The van der Waals surface area contributed by atoms with E-state index in [1.165, 1.54) is 25.6 Å². The summed E-state index contributed by atoms with van der Waals surface area (Å²) >= 11 is 5.88. The molecule has 1 aromatic heterocycles. The lowest BCUT2D eigenvalue weighted by molar-refractivity contribution is 0.403. The van der Waals surface area contributed by atoms with E-state index in [9.17, 15) is 8.42 Å². The number of nitrogens with zero attached hydrogens (tertiary/aromatic N) is 1. The van der Waals surface area contributed by atoms with Gasteiger partial charge in [0.05, 0.1) is 12.8 Å². The van der Waals surface area contributed by atoms with Crippen LogP contribution in [0.25, 0.3) is 11.1 Å². The summed E-state index contributed by atoms with van der Waals surface area (Å²) in [5.74, 6) is 0.206. The minimum absolute atomic E-state index is 0.0415. The number of anilines is 1. The Morgan fingerprint density at radius 3 is 2.82 bits per heavy atom. The maximum Gasteiger partial charge on any atom is 0.265 e. The Labute approximate surface area is 131 Å². The summed E-state index contributed by atoms with van der Waals surface area (Å²) in [6.07, 6.45) is 1.29. The zero-order chi connectivity index (χ0) is 15.7. The predicted molar refractivity (Wildman–Crippen MR) is 82.8 cm³/mol. The number of methoxy groups -OCH3 is 1. The zero-order valence-corrected chi connectivity index (χ0v) is 13.0. The van der Waals surface area contributed by atoms with Gasteiger partial charge in [0.1, 0.15) is 16.2 Å². The van der Waals surface area contributed by atoms with Crippen molar-refractivity contribution < 1.29 is 17.6 Å². The molecule has 3 aromatic rings. The maximum absolute atomic E-state index is 12.5. The molecule has 6 nitrogen and oxygen atoms in total. The number of benzene rings is 2. The van der Waals surface area contributed by atoms with Crippen LogP contribution in [0.2, 0.25) is 5.02 Å². The van der Waals surface area contributed by atoms with Gasteiger partial charge in [0.2, 0.25) is 0 Å². The number of rotatable bonds is 4. The molecular weight excluding hydrogens is 328 g/mol. The van der Waals surface area contributed by atoms with Crippen molar-refractivity contribution in [3.63, 3.8) is 0 Å². The van der Waals surface area contributed by atoms with Gasteiger partial charge in [-0.3, -0.25) is 4.72 Å². The molecule has 2 aromatic carbocycles. The lowest BCUT2D eigenvalue weighted by Crippen LogP contribution is -2.14. The lowest BCUT2D eigenvalue weighted by Gasteiger charge is -2.11. The quantitative estimate of drug-likeness (QED) is 0.789. The van der Waals surface area contributed by atoms with E-state index < -0.39 is 10.0 Å². The Hall–Kier alpha value is -2.25. The molecule has 0 aliphatic rings. The number of oxazole rings is 1.